The van der Waals surface area contributed by atoms with Gasteiger partial charge in [0, 0.05) is 5.92 Å². The van der Waals surface area contributed by atoms with E-state index in [2.05, 4.69) is 0 Å². The Hall–Kier alpha value is -1.67. The number of aliphatic carboxylic acids is 3. The molecule has 19 heavy (non-hydrogen) atoms. The fraction of sp³-hybridized carbons (Fsp3) is 0.727. The van der Waals surface area contributed by atoms with E-state index in [1.807, 2.05) is 0 Å². The third-order valence-electron chi connectivity index (χ3n) is 2.92. The van der Waals surface area contributed by atoms with Gasteiger partial charge in [0.2, 0.25) is 0 Å². The summed E-state index contributed by atoms with van der Waals surface area (Å²) in [7, 11) is 0. The first-order chi connectivity index (χ1) is 8.70. The normalized spacial score (nSPS) is 17.2. The van der Waals surface area contributed by atoms with Crippen LogP contribution < -0.4 is 0 Å². The van der Waals surface area contributed by atoms with E-state index in [1.165, 1.54) is 6.92 Å². The number of aliphatic hydroxyl groups is 2. The predicted octanol–water partition coefficient (Wildman–Crippen LogP) is -0.615. The molecule has 110 valence electrons. The molecule has 8 nitrogen and oxygen atoms in total. The molecule has 4 atom stereocenters. The molecule has 0 aromatic rings. The molecule has 0 fully saturated rings. The van der Waals surface area contributed by atoms with Crippen molar-refractivity contribution >= 4 is 17.9 Å². The van der Waals surface area contributed by atoms with Crippen LogP contribution in [0, 0.1) is 11.8 Å². The molecular weight excluding hydrogens is 260 g/mol. The van der Waals surface area contributed by atoms with Crippen LogP contribution in [-0.4, -0.2) is 55.6 Å². The molecule has 5 N–H and O–H groups in total. The lowest BCUT2D eigenvalue weighted by Crippen LogP contribution is -2.41. The highest BCUT2D eigenvalue weighted by Crippen LogP contribution is 2.26. The molecule has 0 aliphatic rings. The van der Waals surface area contributed by atoms with Gasteiger partial charge in [0.05, 0.1) is 31.0 Å². The maximum absolute atomic E-state index is 11.0. The molecule has 0 radical (unpaired) electrons. The molecular formula is C11H18O8. The van der Waals surface area contributed by atoms with Crippen LogP contribution in [0.3, 0.4) is 0 Å². The third-order valence-corrected chi connectivity index (χ3v) is 2.92. The topological polar surface area (TPSA) is 152 Å². The smallest absolute Gasteiger partial charge is 0.307 e. The van der Waals surface area contributed by atoms with Crippen molar-refractivity contribution in [3.05, 3.63) is 0 Å². The Morgan fingerprint density at radius 2 is 1.42 bits per heavy atom. The Bertz CT molecular complexity index is 340. The summed E-state index contributed by atoms with van der Waals surface area (Å²) in [6.45, 7) is 1.53. The van der Waals surface area contributed by atoms with Crippen LogP contribution in [0.15, 0.2) is 0 Å². The zero-order valence-corrected chi connectivity index (χ0v) is 10.4. The summed E-state index contributed by atoms with van der Waals surface area (Å²) in [5, 5.41) is 45.4. The van der Waals surface area contributed by atoms with Crippen LogP contribution >= 0.6 is 0 Å². The van der Waals surface area contributed by atoms with Gasteiger partial charge in [0.25, 0.3) is 0 Å². The first-order valence-corrected chi connectivity index (χ1v) is 5.73. The van der Waals surface area contributed by atoms with Crippen molar-refractivity contribution in [3.8, 4) is 0 Å². The quantitative estimate of drug-likeness (QED) is 0.374. The van der Waals surface area contributed by atoms with E-state index in [4.69, 9.17) is 15.3 Å². The minimum absolute atomic E-state index is 0.0993. The fourth-order valence-electron chi connectivity index (χ4n) is 1.96. The van der Waals surface area contributed by atoms with E-state index in [0.717, 1.165) is 0 Å². The average Bonchev–Trinajstić information content (AvgIpc) is 2.26. The van der Waals surface area contributed by atoms with E-state index in [0.29, 0.717) is 0 Å². The van der Waals surface area contributed by atoms with Gasteiger partial charge in [-0.05, 0) is 6.42 Å². The van der Waals surface area contributed by atoms with Crippen LogP contribution in [0.1, 0.15) is 26.2 Å². The largest absolute Gasteiger partial charge is 0.481 e. The van der Waals surface area contributed by atoms with Crippen molar-refractivity contribution in [2.75, 3.05) is 0 Å². The Morgan fingerprint density at radius 1 is 0.947 bits per heavy atom. The lowest BCUT2D eigenvalue weighted by atomic mass is 9.81. The van der Waals surface area contributed by atoms with Crippen LogP contribution in [-0.2, 0) is 14.4 Å². The van der Waals surface area contributed by atoms with Crippen molar-refractivity contribution in [2.45, 2.75) is 38.4 Å². The monoisotopic (exact) mass is 278 g/mol. The Balaban J connectivity index is 4.97. The molecule has 0 saturated carbocycles. The standard InChI is InChI=1S/C11H18O8/c1-2-5(6(11(18)19)3-8(13)14)10(17)7(12)4-9(15)16/h5-7,10,12,17H,2-4H2,1H3,(H,13,14)(H,15,16)(H,18,19). The molecule has 0 spiro atoms. The molecule has 8 heteroatoms. The second-order valence-electron chi connectivity index (χ2n) is 4.27. The number of carboxylic acids is 3. The maximum Gasteiger partial charge on any atom is 0.307 e. The van der Waals surface area contributed by atoms with Gasteiger partial charge in [0.15, 0.2) is 0 Å². The van der Waals surface area contributed by atoms with E-state index in [-0.39, 0.29) is 6.42 Å². The summed E-state index contributed by atoms with van der Waals surface area (Å²) in [4.78, 5) is 32.0. The van der Waals surface area contributed by atoms with Gasteiger partial charge in [-0.15, -0.1) is 0 Å². The van der Waals surface area contributed by atoms with Crippen LogP contribution in [0.5, 0.6) is 0 Å². The number of carboxylic acid groups (broad SMARTS) is 3. The summed E-state index contributed by atoms with van der Waals surface area (Å²) < 4.78 is 0. The van der Waals surface area contributed by atoms with Gasteiger partial charge in [-0.3, -0.25) is 14.4 Å². The predicted molar refractivity (Wildman–Crippen MR) is 61.4 cm³/mol. The molecule has 0 aromatic carbocycles. The molecule has 0 aromatic heterocycles. The molecule has 4 unspecified atom stereocenters. The maximum atomic E-state index is 11.0. The average molecular weight is 278 g/mol. The lowest BCUT2D eigenvalue weighted by Gasteiger charge is -2.29. The van der Waals surface area contributed by atoms with E-state index < -0.39 is 54.8 Å². The van der Waals surface area contributed by atoms with Crippen LogP contribution in [0.25, 0.3) is 0 Å². The molecule has 0 aliphatic carbocycles. The minimum Gasteiger partial charge on any atom is -0.481 e. The molecule has 0 saturated heterocycles. The van der Waals surface area contributed by atoms with E-state index in [1.54, 1.807) is 0 Å². The van der Waals surface area contributed by atoms with Gasteiger partial charge in [-0.25, -0.2) is 0 Å². The Morgan fingerprint density at radius 3 is 1.74 bits per heavy atom. The molecule has 0 bridgehead atoms. The van der Waals surface area contributed by atoms with Crippen molar-refractivity contribution in [2.24, 2.45) is 11.8 Å². The minimum atomic E-state index is -1.64. The Labute approximate surface area is 109 Å². The van der Waals surface area contributed by atoms with Crippen LogP contribution in [0.2, 0.25) is 0 Å². The second kappa shape index (κ2) is 7.70. The van der Waals surface area contributed by atoms with E-state index >= 15 is 0 Å². The summed E-state index contributed by atoms with van der Waals surface area (Å²) >= 11 is 0. The highest BCUT2D eigenvalue weighted by atomic mass is 16.4. The number of rotatable bonds is 9. The third kappa shape index (κ3) is 5.66. The molecule has 0 heterocycles. The van der Waals surface area contributed by atoms with Gasteiger partial charge < -0.3 is 25.5 Å². The summed E-state index contributed by atoms with van der Waals surface area (Å²) in [5.74, 6) is -6.52. The summed E-state index contributed by atoms with van der Waals surface area (Å²) in [5.41, 5.74) is 0. The zero-order chi connectivity index (χ0) is 15.2. The van der Waals surface area contributed by atoms with Crippen molar-refractivity contribution in [1.82, 2.24) is 0 Å². The highest BCUT2D eigenvalue weighted by molar-refractivity contribution is 5.78. The molecule has 0 aliphatic heterocycles. The highest BCUT2D eigenvalue weighted by Gasteiger charge is 2.37. The van der Waals surface area contributed by atoms with Gasteiger partial charge in [-0.1, -0.05) is 6.92 Å². The SMILES string of the molecule is CCC(C(CC(=O)O)C(=O)O)C(O)C(O)CC(=O)O. The van der Waals surface area contributed by atoms with Crippen molar-refractivity contribution < 1.29 is 39.9 Å². The van der Waals surface area contributed by atoms with Gasteiger partial charge >= 0.3 is 17.9 Å². The van der Waals surface area contributed by atoms with Gasteiger partial charge in [-0.2, -0.15) is 0 Å². The Kier molecular flexibility index (Phi) is 7.02. The molecule has 0 rings (SSSR count). The van der Waals surface area contributed by atoms with Crippen molar-refractivity contribution in [3.63, 3.8) is 0 Å². The van der Waals surface area contributed by atoms with E-state index in [9.17, 15) is 24.6 Å². The van der Waals surface area contributed by atoms with Crippen LogP contribution in [0.4, 0.5) is 0 Å². The summed E-state index contributed by atoms with van der Waals surface area (Å²) in [6.07, 6.45) is -4.59. The van der Waals surface area contributed by atoms with Crippen molar-refractivity contribution in [1.29, 1.82) is 0 Å². The lowest BCUT2D eigenvalue weighted by molar-refractivity contribution is -0.155. The fourth-order valence-corrected chi connectivity index (χ4v) is 1.96. The first-order valence-electron chi connectivity index (χ1n) is 5.73. The summed E-state index contributed by atoms with van der Waals surface area (Å²) in [6, 6.07) is 0. The number of hydrogen-bond acceptors (Lipinski definition) is 5. The molecule has 0 amide bonds. The number of aliphatic hydroxyl groups excluding tert-OH is 2. The zero-order valence-electron chi connectivity index (χ0n) is 10.4. The second-order valence-corrected chi connectivity index (χ2v) is 4.27. The number of hydrogen-bond donors (Lipinski definition) is 5. The number of carbonyl (C=O) groups is 3. The van der Waals surface area contributed by atoms with Gasteiger partial charge in [0.1, 0.15) is 0 Å². The first kappa shape index (κ1) is 17.3.